The van der Waals surface area contributed by atoms with Crippen LogP contribution in [0, 0.1) is 0 Å². The molecule has 1 amide bonds. The zero-order chi connectivity index (χ0) is 62.6. The molecule has 86 heavy (non-hydrogen) atoms. The highest BCUT2D eigenvalue weighted by Crippen LogP contribution is 2.33. The molecule has 3 aliphatic heterocycles. The van der Waals surface area contributed by atoms with Crippen LogP contribution in [0.2, 0.25) is 0 Å². The highest BCUT2D eigenvalue weighted by Gasteiger charge is 2.53. The molecule has 3 saturated heterocycles. The Kier molecular flexibility index (Phi) is 45.2. The number of ether oxygens (including phenoxy) is 6. The van der Waals surface area contributed by atoms with Gasteiger partial charge in [0.2, 0.25) is 5.91 Å². The number of hydrogen-bond acceptors (Lipinski definition) is 18. The van der Waals surface area contributed by atoms with Crippen molar-refractivity contribution < 1.29 is 89.4 Å². The first-order valence-electron chi connectivity index (χ1n) is 34.2. The van der Waals surface area contributed by atoms with Gasteiger partial charge in [0.05, 0.1) is 38.6 Å². The molecule has 0 saturated carbocycles. The van der Waals surface area contributed by atoms with Crippen molar-refractivity contribution in [1.82, 2.24) is 5.32 Å². The number of aliphatic hydroxyl groups is 11. The molecule has 0 aromatic heterocycles. The quantitative estimate of drug-likeness (QED) is 0.0201. The number of nitrogens with one attached hydrogen (secondary N) is 1. The molecule has 17 atom stereocenters. The van der Waals surface area contributed by atoms with Gasteiger partial charge in [-0.15, -0.1) is 0 Å². The van der Waals surface area contributed by atoms with Crippen LogP contribution in [0.15, 0.2) is 36.5 Å². The Morgan fingerprint density at radius 1 is 0.430 bits per heavy atom. The molecular weight excluding hydrogens is 1110 g/mol. The summed E-state index contributed by atoms with van der Waals surface area (Å²) in [6.45, 7) is 1.47. The van der Waals surface area contributed by atoms with Crippen molar-refractivity contribution in [2.75, 3.05) is 26.4 Å². The second kappa shape index (κ2) is 49.7. The van der Waals surface area contributed by atoms with Gasteiger partial charge in [-0.1, -0.05) is 242 Å². The third-order valence-electron chi connectivity index (χ3n) is 17.3. The Labute approximate surface area is 517 Å². The third kappa shape index (κ3) is 31.8. The summed E-state index contributed by atoms with van der Waals surface area (Å²) in [5.41, 5.74) is 0. The molecule has 0 radical (unpaired) electrons. The first kappa shape index (κ1) is 78.3. The van der Waals surface area contributed by atoms with Gasteiger partial charge in [-0.25, -0.2) is 0 Å². The van der Waals surface area contributed by atoms with Gasteiger partial charge >= 0.3 is 0 Å². The number of carbonyl (C=O) groups is 1. The highest BCUT2D eigenvalue weighted by molar-refractivity contribution is 5.76. The van der Waals surface area contributed by atoms with Crippen molar-refractivity contribution >= 4 is 5.91 Å². The average molecular weight is 1230 g/mol. The number of hydrogen-bond donors (Lipinski definition) is 12. The molecule has 3 fully saturated rings. The molecule has 17 unspecified atom stereocenters. The predicted octanol–water partition coefficient (Wildman–Crippen LogP) is 8.44. The van der Waals surface area contributed by atoms with Crippen LogP contribution in [-0.2, 0) is 33.2 Å². The van der Waals surface area contributed by atoms with E-state index < -0.39 is 124 Å². The minimum absolute atomic E-state index is 0.235. The minimum Gasteiger partial charge on any atom is -0.394 e. The summed E-state index contributed by atoms with van der Waals surface area (Å²) in [6.07, 6.45) is 30.7. The molecule has 19 heteroatoms. The van der Waals surface area contributed by atoms with E-state index in [-0.39, 0.29) is 18.9 Å². The van der Waals surface area contributed by atoms with Crippen molar-refractivity contribution in [1.29, 1.82) is 0 Å². The largest absolute Gasteiger partial charge is 0.394 e. The lowest BCUT2D eigenvalue weighted by Crippen LogP contribution is -2.66. The van der Waals surface area contributed by atoms with E-state index in [9.17, 15) is 61.0 Å². The maximum Gasteiger partial charge on any atom is 0.220 e. The highest BCUT2D eigenvalue weighted by atomic mass is 16.8. The number of carbonyl (C=O) groups excluding carboxylic acids is 1. The normalized spacial score (nSPS) is 29.0. The van der Waals surface area contributed by atoms with E-state index >= 15 is 0 Å². The predicted molar refractivity (Wildman–Crippen MR) is 333 cm³/mol. The van der Waals surface area contributed by atoms with Crippen LogP contribution in [0.4, 0.5) is 0 Å². The Balaban J connectivity index is 1.32. The lowest BCUT2D eigenvalue weighted by molar-refractivity contribution is -0.379. The molecule has 0 spiro atoms. The maximum absolute atomic E-state index is 13.3. The number of unbranched alkanes of at least 4 members (excludes halogenated alkanes) is 33. The number of allylic oxidation sites excluding steroid dienone is 5. The average Bonchev–Trinajstić information content (AvgIpc) is 1.71. The van der Waals surface area contributed by atoms with Crippen LogP contribution in [0.5, 0.6) is 0 Å². The molecule has 3 heterocycles. The lowest BCUT2D eigenvalue weighted by Gasteiger charge is -2.48. The third-order valence-corrected chi connectivity index (χ3v) is 17.3. The van der Waals surface area contributed by atoms with Crippen LogP contribution < -0.4 is 5.32 Å². The second-order valence-electron chi connectivity index (χ2n) is 24.6. The van der Waals surface area contributed by atoms with Crippen molar-refractivity contribution in [2.45, 2.75) is 356 Å². The Morgan fingerprint density at radius 2 is 0.767 bits per heavy atom. The van der Waals surface area contributed by atoms with Crippen LogP contribution in [-0.4, -0.2) is 193 Å². The van der Waals surface area contributed by atoms with Gasteiger partial charge in [-0.3, -0.25) is 4.79 Å². The minimum atomic E-state index is -1.98. The Morgan fingerprint density at radius 3 is 1.16 bits per heavy atom. The second-order valence-corrected chi connectivity index (χ2v) is 24.6. The van der Waals surface area contributed by atoms with E-state index in [0.717, 1.165) is 38.5 Å². The molecule has 3 rings (SSSR count). The number of amides is 1. The van der Waals surface area contributed by atoms with E-state index in [1.807, 2.05) is 19.1 Å². The van der Waals surface area contributed by atoms with Gasteiger partial charge in [-0.2, -0.15) is 0 Å². The summed E-state index contributed by atoms with van der Waals surface area (Å²) < 4.78 is 34.2. The topological polar surface area (TPSA) is 307 Å². The molecule has 0 aliphatic carbocycles. The fraction of sp³-hybridized carbons (Fsp3) is 0.896. The zero-order valence-electron chi connectivity index (χ0n) is 53.0. The summed E-state index contributed by atoms with van der Waals surface area (Å²) in [6, 6.07) is -0.992. The van der Waals surface area contributed by atoms with Gasteiger partial charge in [0.15, 0.2) is 18.9 Å². The summed E-state index contributed by atoms with van der Waals surface area (Å²) >= 11 is 0. The summed E-state index contributed by atoms with van der Waals surface area (Å²) in [4.78, 5) is 13.3. The molecule has 504 valence electrons. The van der Waals surface area contributed by atoms with E-state index in [4.69, 9.17) is 28.4 Å². The standard InChI is InChI=1S/C67H123NO18/c1-3-5-7-9-11-13-14-15-16-17-18-19-20-21-22-23-24-25-26-27-28-29-30-31-32-33-34-35-37-39-41-43-45-55(73)68-50(51(72)44-42-40-38-36-12-10-8-6-4-2)49-81-65-61(79)58(76)63(53(47-70)83-65)86-67-62(80)59(77)64(54(48-71)84-67)85-66-60(78)57(75)56(74)52(46-69)82-66/h4,6,12,36,42,44,50-54,56-67,69-72,74-80H,3,5,7-11,13-35,37-41,43,45-49H2,1-2H3,(H,68,73)/b6-4+,36-12+,44-42+. The molecule has 0 aromatic carbocycles. The molecular formula is C67H123NO18. The summed E-state index contributed by atoms with van der Waals surface area (Å²) in [5, 5.41) is 120. The first-order valence-corrected chi connectivity index (χ1v) is 34.2. The van der Waals surface area contributed by atoms with Crippen LogP contribution in [0.1, 0.15) is 251 Å². The molecule has 12 N–H and O–H groups in total. The van der Waals surface area contributed by atoms with Crippen molar-refractivity contribution in [2.24, 2.45) is 0 Å². The number of rotatable bonds is 52. The SMILES string of the molecule is C/C=C/CC/C=C/CC/C=C/C(O)C(COC1OC(CO)C(OC2OC(CO)C(OC3OC(CO)C(O)C(O)C3O)C(O)C2O)C(O)C1O)NC(=O)CCCCCCCCCCCCCCCCCCCCCCCCCCCCCCCCCC. The van der Waals surface area contributed by atoms with Crippen molar-refractivity contribution in [3.63, 3.8) is 0 Å². The molecule has 0 aromatic rings. The fourth-order valence-electron chi connectivity index (χ4n) is 11.7. The van der Waals surface area contributed by atoms with Gasteiger partial charge in [0, 0.05) is 6.42 Å². The van der Waals surface area contributed by atoms with Gasteiger partial charge in [0.25, 0.3) is 0 Å². The monoisotopic (exact) mass is 1230 g/mol. The van der Waals surface area contributed by atoms with E-state index in [1.54, 1.807) is 6.08 Å². The zero-order valence-corrected chi connectivity index (χ0v) is 53.0. The Bertz CT molecular complexity index is 1710. The number of aliphatic hydroxyl groups excluding tert-OH is 11. The van der Waals surface area contributed by atoms with Crippen LogP contribution in [0.3, 0.4) is 0 Å². The van der Waals surface area contributed by atoms with E-state index in [0.29, 0.717) is 12.8 Å². The van der Waals surface area contributed by atoms with E-state index in [2.05, 4.69) is 30.5 Å². The first-order chi connectivity index (χ1) is 41.8. The molecule has 3 aliphatic rings. The Hall–Kier alpha value is -1.99. The van der Waals surface area contributed by atoms with Gasteiger partial charge < -0.3 is 89.9 Å². The maximum atomic E-state index is 13.3. The summed E-state index contributed by atoms with van der Waals surface area (Å²) in [5.74, 6) is -0.289. The van der Waals surface area contributed by atoms with Gasteiger partial charge in [0.1, 0.15) is 73.2 Å². The van der Waals surface area contributed by atoms with E-state index in [1.165, 1.54) is 180 Å². The van der Waals surface area contributed by atoms with Crippen molar-refractivity contribution in [3.8, 4) is 0 Å². The fourth-order valence-corrected chi connectivity index (χ4v) is 11.7. The van der Waals surface area contributed by atoms with Crippen LogP contribution in [0.25, 0.3) is 0 Å². The molecule has 19 nitrogen and oxygen atoms in total. The van der Waals surface area contributed by atoms with Crippen LogP contribution >= 0.6 is 0 Å². The van der Waals surface area contributed by atoms with Crippen molar-refractivity contribution in [3.05, 3.63) is 36.5 Å². The smallest absolute Gasteiger partial charge is 0.220 e. The van der Waals surface area contributed by atoms with Gasteiger partial charge in [-0.05, 0) is 39.0 Å². The summed E-state index contributed by atoms with van der Waals surface area (Å²) in [7, 11) is 0. The molecule has 0 bridgehead atoms. The lowest BCUT2D eigenvalue weighted by atomic mass is 9.96.